The minimum atomic E-state index is -0.905. The number of rotatable bonds is 4. The quantitative estimate of drug-likeness (QED) is 0.832. The second-order valence-corrected chi connectivity index (χ2v) is 4.38. The van der Waals surface area contributed by atoms with E-state index >= 15 is 0 Å². The van der Waals surface area contributed by atoms with Gasteiger partial charge in [-0.2, -0.15) is 0 Å². The maximum atomic E-state index is 10.5. The summed E-state index contributed by atoms with van der Waals surface area (Å²) in [6, 6.07) is 7.99. The molecule has 1 N–H and O–H groups in total. The molecular formula is C14H18N2O3. The van der Waals surface area contributed by atoms with Gasteiger partial charge in [0.15, 0.2) is 0 Å². The molecule has 5 nitrogen and oxygen atoms in total. The Labute approximate surface area is 112 Å². The molecule has 0 bridgehead atoms. The second-order valence-electron chi connectivity index (χ2n) is 4.38. The zero-order chi connectivity index (χ0) is 13.7. The minimum absolute atomic E-state index is 0.829. The average Bonchev–Trinajstić information content (AvgIpc) is 2.46. The molecule has 0 spiro atoms. The van der Waals surface area contributed by atoms with Crippen LogP contribution < -0.4 is 9.64 Å². The number of carbonyl (C=O) groups is 1. The lowest BCUT2D eigenvalue weighted by Crippen LogP contribution is -2.44. The Kier molecular flexibility index (Phi) is 4.28. The fourth-order valence-corrected chi connectivity index (χ4v) is 2.09. The number of aliphatic carboxylic acids is 1. The van der Waals surface area contributed by atoms with Crippen LogP contribution in [0.2, 0.25) is 0 Å². The average molecular weight is 262 g/mol. The van der Waals surface area contributed by atoms with Crippen LogP contribution in [0.15, 0.2) is 36.5 Å². The summed E-state index contributed by atoms with van der Waals surface area (Å²) in [5.41, 5.74) is 1.17. The number of ether oxygens (including phenoxy) is 1. The maximum absolute atomic E-state index is 10.5. The minimum Gasteiger partial charge on any atom is -0.497 e. The van der Waals surface area contributed by atoms with Crippen molar-refractivity contribution in [2.45, 2.75) is 0 Å². The van der Waals surface area contributed by atoms with E-state index in [-0.39, 0.29) is 0 Å². The number of hydrogen-bond acceptors (Lipinski definition) is 4. The van der Waals surface area contributed by atoms with E-state index in [1.54, 1.807) is 13.3 Å². The molecule has 1 fully saturated rings. The van der Waals surface area contributed by atoms with Gasteiger partial charge in [0.2, 0.25) is 0 Å². The molecule has 1 saturated heterocycles. The highest BCUT2D eigenvalue weighted by Crippen LogP contribution is 2.20. The number of piperazine rings is 1. The van der Waals surface area contributed by atoms with Gasteiger partial charge >= 0.3 is 5.97 Å². The molecule has 19 heavy (non-hydrogen) atoms. The van der Waals surface area contributed by atoms with E-state index in [0.29, 0.717) is 0 Å². The van der Waals surface area contributed by atoms with Crippen molar-refractivity contribution >= 4 is 11.7 Å². The van der Waals surface area contributed by atoms with Gasteiger partial charge < -0.3 is 19.6 Å². The smallest absolute Gasteiger partial charge is 0.329 e. The van der Waals surface area contributed by atoms with Crippen LogP contribution in [-0.4, -0.2) is 49.3 Å². The van der Waals surface area contributed by atoms with Crippen LogP contribution >= 0.6 is 0 Å². The molecule has 2 rings (SSSR count). The molecule has 1 aliphatic heterocycles. The molecule has 5 heteroatoms. The van der Waals surface area contributed by atoms with Gasteiger partial charge in [-0.05, 0) is 24.3 Å². The molecule has 1 heterocycles. The van der Waals surface area contributed by atoms with E-state index in [0.717, 1.165) is 31.9 Å². The molecule has 0 atom stereocenters. The molecular weight excluding hydrogens is 244 g/mol. The fraction of sp³-hybridized carbons (Fsp3) is 0.357. The standard InChI is InChI=1S/C14H18N2O3/c1-19-13-4-2-12(3-5-13)16-10-8-15(9-11-16)7-6-14(17)18/h2-7H,8-11H2,1H3,(H,17,18). The first kappa shape index (κ1) is 13.3. The second kappa shape index (κ2) is 6.13. The van der Waals surface area contributed by atoms with Gasteiger partial charge in [-0.3, -0.25) is 0 Å². The first-order valence-corrected chi connectivity index (χ1v) is 6.23. The molecule has 1 aromatic rings. The van der Waals surface area contributed by atoms with Crippen molar-refractivity contribution in [2.24, 2.45) is 0 Å². The van der Waals surface area contributed by atoms with Crippen LogP contribution in [0.25, 0.3) is 0 Å². The molecule has 0 aliphatic carbocycles. The van der Waals surface area contributed by atoms with Crippen LogP contribution in [0.3, 0.4) is 0 Å². The number of methoxy groups -OCH3 is 1. The Balaban J connectivity index is 1.90. The van der Waals surface area contributed by atoms with Gasteiger partial charge in [-0.1, -0.05) is 0 Å². The summed E-state index contributed by atoms with van der Waals surface area (Å²) in [4.78, 5) is 14.8. The molecule has 0 unspecified atom stereocenters. The Morgan fingerprint density at radius 2 is 1.84 bits per heavy atom. The summed E-state index contributed by atoms with van der Waals surface area (Å²) >= 11 is 0. The monoisotopic (exact) mass is 262 g/mol. The van der Waals surface area contributed by atoms with E-state index in [2.05, 4.69) is 4.90 Å². The highest BCUT2D eigenvalue weighted by atomic mass is 16.5. The summed E-state index contributed by atoms with van der Waals surface area (Å²) in [6.45, 7) is 3.43. The van der Waals surface area contributed by atoms with Crippen molar-refractivity contribution in [1.82, 2.24) is 4.90 Å². The first-order chi connectivity index (χ1) is 9.19. The normalized spacial score (nSPS) is 15.8. The molecule has 0 amide bonds. The van der Waals surface area contributed by atoms with Crippen molar-refractivity contribution in [1.29, 1.82) is 0 Å². The molecule has 0 radical (unpaired) electrons. The third kappa shape index (κ3) is 3.64. The maximum Gasteiger partial charge on any atom is 0.329 e. The number of benzene rings is 1. The predicted octanol–water partition coefficient (Wildman–Crippen LogP) is 1.42. The van der Waals surface area contributed by atoms with E-state index in [9.17, 15) is 4.79 Å². The summed E-state index contributed by atoms with van der Waals surface area (Å²) in [7, 11) is 1.66. The van der Waals surface area contributed by atoms with Crippen LogP contribution in [-0.2, 0) is 4.79 Å². The summed E-state index contributed by atoms with van der Waals surface area (Å²) < 4.78 is 5.14. The van der Waals surface area contributed by atoms with Crippen molar-refractivity contribution in [3.8, 4) is 5.75 Å². The van der Waals surface area contributed by atoms with E-state index in [1.165, 1.54) is 11.8 Å². The Morgan fingerprint density at radius 3 is 2.37 bits per heavy atom. The van der Waals surface area contributed by atoms with Crippen LogP contribution in [0, 0.1) is 0 Å². The predicted molar refractivity (Wildman–Crippen MR) is 73.6 cm³/mol. The highest BCUT2D eigenvalue weighted by molar-refractivity contribution is 5.79. The summed E-state index contributed by atoms with van der Waals surface area (Å²) in [5, 5.41) is 8.59. The first-order valence-electron chi connectivity index (χ1n) is 6.23. The lowest BCUT2D eigenvalue weighted by Gasteiger charge is -2.35. The number of nitrogens with zero attached hydrogens (tertiary/aromatic N) is 2. The summed E-state index contributed by atoms with van der Waals surface area (Å²) in [6.07, 6.45) is 2.83. The molecule has 0 saturated carbocycles. The van der Waals surface area contributed by atoms with E-state index in [1.807, 2.05) is 29.2 Å². The Morgan fingerprint density at radius 1 is 1.21 bits per heavy atom. The molecule has 1 aromatic carbocycles. The largest absolute Gasteiger partial charge is 0.497 e. The van der Waals surface area contributed by atoms with Crippen LogP contribution in [0.1, 0.15) is 0 Å². The van der Waals surface area contributed by atoms with Gasteiger partial charge in [0.05, 0.1) is 7.11 Å². The van der Waals surface area contributed by atoms with Crippen LogP contribution in [0.5, 0.6) is 5.75 Å². The number of carboxylic acid groups (broad SMARTS) is 1. The lowest BCUT2D eigenvalue weighted by atomic mass is 10.2. The van der Waals surface area contributed by atoms with Gasteiger partial charge in [0.25, 0.3) is 0 Å². The number of anilines is 1. The van der Waals surface area contributed by atoms with Gasteiger partial charge in [0.1, 0.15) is 5.75 Å². The number of hydrogen-bond donors (Lipinski definition) is 1. The van der Waals surface area contributed by atoms with Crippen molar-refractivity contribution in [2.75, 3.05) is 38.2 Å². The van der Waals surface area contributed by atoms with Crippen molar-refractivity contribution in [3.63, 3.8) is 0 Å². The zero-order valence-corrected chi connectivity index (χ0v) is 11.0. The van der Waals surface area contributed by atoms with E-state index < -0.39 is 5.97 Å². The third-order valence-corrected chi connectivity index (χ3v) is 3.18. The van der Waals surface area contributed by atoms with Gasteiger partial charge in [-0.15, -0.1) is 0 Å². The lowest BCUT2D eigenvalue weighted by molar-refractivity contribution is -0.131. The van der Waals surface area contributed by atoms with Crippen molar-refractivity contribution < 1.29 is 14.6 Å². The Hall–Kier alpha value is -2.17. The topological polar surface area (TPSA) is 53.0 Å². The zero-order valence-electron chi connectivity index (χ0n) is 11.0. The summed E-state index contributed by atoms with van der Waals surface area (Å²) in [5.74, 6) is -0.0515. The Bertz CT molecular complexity index is 448. The van der Waals surface area contributed by atoms with Gasteiger partial charge in [0, 0.05) is 44.1 Å². The molecule has 0 aromatic heterocycles. The fourth-order valence-electron chi connectivity index (χ4n) is 2.09. The highest BCUT2D eigenvalue weighted by Gasteiger charge is 2.14. The van der Waals surface area contributed by atoms with Gasteiger partial charge in [-0.25, -0.2) is 4.79 Å². The van der Waals surface area contributed by atoms with Crippen LogP contribution in [0.4, 0.5) is 5.69 Å². The molecule has 1 aliphatic rings. The SMILES string of the molecule is COc1ccc(N2CCN(C=CC(=O)O)CC2)cc1. The van der Waals surface area contributed by atoms with E-state index in [4.69, 9.17) is 9.84 Å². The third-order valence-electron chi connectivity index (χ3n) is 3.18. The van der Waals surface area contributed by atoms with Crippen molar-refractivity contribution in [3.05, 3.63) is 36.5 Å². The molecule has 102 valence electrons. The number of carboxylic acids is 1.